The van der Waals surface area contributed by atoms with Gasteiger partial charge in [0, 0.05) is 5.92 Å². The fraction of sp³-hybridized carbons (Fsp3) is 0.333. The highest BCUT2D eigenvalue weighted by Crippen LogP contribution is 2.35. The average molecular weight is 284 g/mol. The minimum atomic E-state index is -0.425. The zero-order valence-corrected chi connectivity index (χ0v) is 12.6. The summed E-state index contributed by atoms with van der Waals surface area (Å²) in [5, 5.41) is 0. The first kappa shape index (κ1) is 15.2. The second kappa shape index (κ2) is 6.53. The monoisotopic (exact) mass is 284 g/mol. The molecule has 0 fully saturated rings. The molecule has 0 heterocycles. The molecule has 2 atom stereocenters. The summed E-state index contributed by atoms with van der Waals surface area (Å²) >= 11 is 0. The number of Topliss-reactive ketones (excluding diaryl/α,β-unsaturated/α-hetero) is 1. The molecule has 0 aliphatic heterocycles. The van der Waals surface area contributed by atoms with Crippen LogP contribution in [0.25, 0.3) is 6.08 Å². The first-order valence-electron chi connectivity index (χ1n) is 7.05. The molecule has 1 aromatic carbocycles. The highest BCUT2D eigenvalue weighted by Gasteiger charge is 2.35. The third-order valence-corrected chi connectivity index (χ3v) is 3.92. The molecule has 0 bridgehead atoms. The number of allylic oxidation sites excluding steroid dienone is 3. The Hall–Kier alpha value is -2.16. The van der Waals surface area contributed by atoms with Crippen molar-refractivity contribution in [1.29, 1.82) is 0 Å². The molecule has 0 saturated heterocycles. The van der Waals surface area contributed by atoms with Crippen molar-refractivity contribution in [3.8, 4) is 0 Å². The van der Waals surface area contributed by atoms with Crippen LogP contribution in [-0.2, 0) is 14.3 Å². The third kappa shape index (κ3) is 3.48. The van der Waals surface area contributed by atoms with Gasteiger partial charge in [0.25, 0.3) is 0 Å². The summed E-state index contributed by atoms with van der Waals surface area (Å²) in [7, 11) is 1.37. The number of ketones is 1. The van der Waals surface area contributed by atoms with E-state index in [2.05, 4.69) is 6.08 Å². The minimum Gasteiger partial charge on any atom is -0.469 e. The second-order valence-electron chi connectivity index (χ2n) is 5.40. The Morgan fingerprint density at radius 1 is 1.24 bits per heavy atom. The average Bonchev–Trinajstić information content (AvgIpc) is 2.49. The maximum atomic E-state index is 12.0. The van der Waals surface area contributed by atoms with E-state index in [1.807, 2.05) is 43.3 Å². The van der Waals surface area contributed by atoms with Crippen LogP contribution in [0.15, 0.2) is 47.6 Å². The number of methoxy groups -OCH3 is 1. The molecule has 0 N–H and O–H groups in total. The van der Waals surface area contributed by atoms with Gasteiger partial charge in [0.15, 0.2) is 0 Å². The summed E-state index contributed by atoms with van der Waals surface area (Å²) in [6.07, 6.45) is 4.49. The first-order valence-corrected chi connectivity index (χ1v) is 7.05. The van der Waals surface area contributed by atoms with Gasteiger partial charge in [0.1, 0.15) is 5.78 Å². The predicted octanol–water partition coefficient (Wildman–Crippen LogP) is 3.41. The SMILES string of the molecule is COC(=O)C1C/C(=C/c2ccccc2)C(C)=CC1C(C)=O. The summed E-state index contributed by atoms with van der Waals surface area (Å²) < 4.78 is 4.86. The van der Waals surface area contributed by atoms with Gasteiger partial charge in [-0.05, 0) is 31.4 Å². The van der Waals surface area contributed by atoms with E-state index >= 15 is 0 Å². The van der Waals surface area contributed by atoms with Crippen LogP contribution in [0.4, 0.5) is 0 Å². The molecular formula is C18H20O3. The lowest BCUT2D eigenvalue weighted by Crippen LogP contribution is -2.31. The maximum Gasteiger partial charge on any atom is 0.310 e. The summed E-state index contributed by atoms with van der Waals surface area (Å²) in [6.45, 7) is 3.51. The number of rotatable bonds is 3. The molecule has 0 radical (unpaired) electrons. The Bertz CT molecular complexity index is 596. The van der Waals surface area contributed by atoms with Gasteiger partial charge in [-0.3, -0.25) is 9.59 Å². The molecule has 0 aromatic heterocycles. The van der Waals surface area contributed by atoms with Crippen LogP contribution in [0.1, 0.15) is 25.8 Å². The number of carbonyl (C=O) groups is 2. The van der Waals surface area contributed by atoms with Crippen LogP contribution in [0.2, 0.25) is 0 Å². The molecule has 3 heteroatoms. The Labute approximate surface area is 125 Å². The molecule has 1 aromatic rings. The van der Waals surface area contributed by atoms with Crippen molar-refractivity contribution in [2.45, 2.75) is 20.3 Å². The van der Waals surface area contributed by atoms with E-state index in [-0.39, 0.29) is 17.7 Å². The van der Waals surface area contributed by atoms with E-state index in [0.717, 1.165) is 16.7 Å². The van der Waals surface area contributed by atoms with Crippen LogP contribution in [0.5, 0.6) is 0 Å². The largest absolute Gasteiger partial charge is 0.469 e. The van der Waals surface area contributed by atoms with Crippen molar-refractivity contribution in [2.75, 3.05) is 7.11 Å². The molecule has 1 aliphatic carbocycles. The van der Waals surface area contributed by atoms with E-state index in [1.54, 1.807) is 0 Å². The van der Waals surface area contributed by atoms with Gasteiger partial charge < -0.3 is 4.74 Å². The molecule has 3 nitrogen and oxygen atoms in total. The molecular weight excluding hydrogens is 264 g/mol. The number of esters is 1. The molecule has 1 aliphatic rings. The maximum absolute atomic E-state index is 12.0. The van der Waals surface area contributed by atoms with Gasteiger partial charge in [-0.1, -0.05) is 48.1 Å². The molecule has 0 saturated carbocycles. The van der Waals surface area contributed by atoms with Crippen LogP contribution in [0, 0.1) is 11.8 Å². The summed E-state index contributed by atoms with van der Waals surface area (Å²) in [6, 6.07) is 9.96. The van der Waals surface area contributed by atoms with Crippen molar-refractivity contribution in [1.82, 2.24) is 0 Å². The van der Waals surface area contributed by atoms with Gasteiger partial charge >= 0.3 is 5.97 Å². The Morgan fingerprint density at radius 3 is 2.48 bits per heavy atom. The lowest BCUT2D eigenvalue weighted by Gasteiger charge is -2.27. The predicted molar refractivity (Wildman–Crippen MR) is 82.5 cm³/mol. The second-order valence-corrected chi connectivity index (χ2v) is 5.40. The number of ether oxygens (including phenoxy) is 1. The van der Waals surface area contributed by atoms with Gasteiger partial charge in [-0.25, -0.2) is 0 Å². The fourth-order valence-electron chi connectivity index (χ4n) is 2.72. The van der Waals surface area contributed by atoms with Crippen LogP contribution < -0.4 is 0 Å². The molecule has 21 heavy (non-hydrogen) atoms. The molecule has 110 valence electrons. The van der Waals surface area contributed by atoms with Crippen molar-refractivity contribution >= 4 is 17.8 Å². The Balaban J connectivity index is 2.37. The van der Waals surface area contributed by atoms with Gasteiger partial charge in [-0.15, -0.1) is 0 Å². The number of carbonyl (C=O) groups excluding carboxylic acids is 2. The van der Waals surface area contributed by atoms with Crippen molar-refractivity contribution in [3.63, 3.8) is 0 Å². The zero-order chi connectivity index (χ0) is 15.4. The molecule has 0 spiro atoms. The molecule has 2 unspecified atom stereocenters. The Kier molecular flexibility index (Phi) is 4.73. The van der Waals surface area contributed by atoms with Gasteiger partial charge in [0.2, 0.25) is 0 Å². The summed E-state index contributed by atoms with van der Waals surface area (Å²) in [4.78, 5) is 23.7. The van der Waals surface area contributed by atoms with Crippen molar-refractivity contribution in [2.24, 2.45) is 11.8 Å². The molecule has 2 rings (SSSR count). The first-order chi connectivity index (χ1) is 10.0. The van der Waals surface area contributed by atoms with Gasteiger partial charge in [-0.2, -0.15) is 0 Å². The topological polar surface area (TPSA) is 43.4 Å². The standard InChI is InChI=1S/C18H20O3/c1-12-9-16(13(2)19)17(18(20)21-3)11-15(12)10-14-7-5-4-6-8-14/h4-10,16-17H,11H2,1-3H3/b15-10-. The van der Waals surface area contributed by atoms with Crippen LogP contribution in [-0.4, -0.2) is 18.9 Å². The smallest absolute Gasteiger partial charge is 0.310 e. The highest BCUT2D eigenvalue weighted by molar-refractivity contribution is 5.88. The summed E-state index contributed by atoms with van der Waals surface area (Å²) in [5.41, 5.74) is 3.22. The quantitative estimate of drug-likeness (QED) is 0.799. The normalized spacial score (nSPS) is 23.6. The van der Waals surface area contributed by atoms with Crippen LogP contribution in [0.3, 0.4) is 0 Å². The number of hydrogen-bond donors (Lipinski definition) is 0. The van der Waals surface area contributed by atoms with E-state index in [4.69, 9.17) is 4.74 Å². The summed E-state index contributed by atoms with van der Waals surface area (Å²) in [5.74, 6) is -1.13. The number of hydrogen-bond acceptors (Lipinski definition) is 3. The van der Waals surface area contributed by atoms with Gasteiger partial charge in [0.05, 0.1) is 13.0 Å². The Morgan fingerprint density at radius 2 is 1.90 bits per heavy atom. The zero-order valence-electron chi connectivity index (χ0n) is 12.6. The van der Waals surface area contributed by atoms with E-state index in [1.165, 1.54) is 14.0 Å². The fourth-order valence-corrected chi connectivity index (χ4v) is 2.72. The lowest BCUT2D eigenvalue weighted by molar-refractivity contribution is -0.148. The molecule has 0 amide bonds. The van der Waals surface area contributed by atoms with Crippen LogP contribution >= 0.6 is 0 Å². The van der Waals surface area contributed by atoms with E-state index in [9.17, 15) is 9.59 Å². The van der Waals surface area contributed by atoms with Crippen molar-refractivity contribution in [3.05, 3.63) is 53.1 Å². The lowest BCUT2D eigenvalue weighted by atomic mass is 9.76. The van der Waals surface area contributed by atoms with Crippen molar-refractivity contribution < 1.29 is 14.3 Å². The highest BCUT2D eigenvalue weighted by atomic mass is 16.5. The number of benzene rings is 1. The van der Waals surface area contributed by atoms with E-state index < -0.39 is 5.92 Å². The minimum absolute atomic E-state index is 0.00325. The van der Waals surface area contributed by atoms with E-state index in [0.29, 0.717) is 6.42 Å². The third-order valence-electron chi connectivity index (χ3n) is 3.92.